The quantitative estimate of drug-likeness (QED) is 0.726. The first kappa shape index (κ1) is 15.9. The van der Waals surface area contributed by atoms with E-state index in [2.05, 4.69) is 32.6 Å². The van der Waals surface area contributed by atoms with Gasteiger partial charge >= 0.3 is 0 Å². The lowest BCUT2D eigenvalue weighted by Crippen LogP contribution is -2.41. The second-order valence-corrected chi connectivity index (χ2v) is 8.15. The first-order valence-corrected chi connectivity index (χ1v) is 8.70. The van der Waals surface area contributed by atoms with Gasteiger partial charge in [0.05, 0.1) is 0 Å². The largest absolute Gasteiger partial charge is 0.342 e. The third-order valence-corrected chi connectivity index (χ3v) is 5.23. The van der Waals surface area contributed by atoms with E-state index in [1.54, 1.807) is 0 Å². The minimum Gasteiger partial charge on any atom is -0.342 e. The van der Waals surface area contributed by atoms with E-state index >= 15 is 0 Å². The molecular weight excluding hydrogens is 246 g/mol. The maximum Gasteiger partial charge on any atom is 0.225 e. The molecule has 2 aliphatic carbocycles. The molecule has 0 saturated heterocycles. The Morgan fingerprint density at radius 3 is 2.40 bits per heavy atom. The van der Waals surface area contributed by atoms with E-state index in [0.29, 0.717) is 17.2 Å². The van der Waals surface area contributed by atoms with Gasteiger partial charge in [0, 0.05) is 19.0 Å². The average Bonchev–Trinajstić information content (AvgIpc) is 3.20. The summed E-state index contributed by atoms with van der Waals surface area (Å²) in [5, 5.41) is 0. The van der Waals surface area contributed by atoms with Gasteiger partial charge in [-0.15, -0.1) is 0 Å². The van der Waals surface area contributed by atoms with Crippen LogP contribution in [0.3, 0.4) is 0 Å². The normalized spacial score (nSPS) is 27.4. The molecule has 2 heteroatoms. The second-order valence-electron chi connectivity index (χ2n) is 8.15. The van der Waals surface area contributed by atoms with Gasteiger partial charge in [0.15, 0.2) is 0 Å². The molecule has 2 saturated carbocycles. The number of carbonyl (C=O) groups excluding carboxylic acids is 1. The van der Waals surface area contributed by atoms with Gasteiger partial charge in [0.2, 0.25) is 5.91 Å². The number of rotatable bonds is 5. The van der Waals surface area contributed by atoms with E-state index in [4.69, 9.17) is 0 Å². The van der Waals surface area contributed by atoms with Crippen molar-refractivity contribution in [3.05, 3.63) is 0 Å². The molecule has 20 heavy (non-hydrogen) atoms. The van der Waals surface area contributed by atoms with E-state index in [9.17, 15) is 4.79 Å². The molecule has 0 aromatic heterocycles. The molecule has 0 N–H and O–H groups in total. The zero-order valence-corrected chi connectivity index (χ0v) is 14.0. The fraction of sp³-hybridized carbons (Fsp3) is 0.944. The van der Waals surface area contributed by atoms with Crippen molar-refractivity contribution >= 4 is 5.91 Å². The van der Waals surface area contributed by atoms with Crippen molar-refractivity contribution in [2.24, 2.45) is 23.2 Å². The highest BCUT2D eigenvalue weighted by Crippen LogP contribution is 2.41. The van der Waals surface area contributed by atoms with Crippen LogP contribution in [0.2, 0.25) is 0 Å². The molecule has 2 atom stereocenters. The highest BCUT2D eigenvalue weighted by Gasteiger charge is 2.36. The monoisotopic (exact) mass is 279 g/mol. The lowest BCUT2D eigenvalue weighted by molar-refractivity contribution is -0.138. The summed E-state index contributed by atoms with van der Waals surface area (Å²) in [5.41, 5.74) is 0.352. The Morgan fingerprint density at radius 2 is 1.85 bits per heavy atom. The third-order valence-electron chi connectivity index (χ3n) is 5.23. The van der Waals surface area contributed by atoms with E-state index in [1.165, 1.54) is 25.7 Å². The SMILES string of the molecule is CCCN(CC1CC1)C(=O)C1CCCC(C(C)(C)C)C1. The Hall–Kier alpha value is -0.530. The minimum absolute atomic E-state index is 0.304. The van der Waals surface area contributed by atoms with E-state index in [-0.39, 0.29) is 0 Å². The highest BCUT2D eigenvalue weighted by atomic mass is 16.2. The molecule has 116 valence electrons. The summed E-state index contributed by atoms with van der Waals surface area (Å²) in [4.78, 5) is 15.0. The van der Waals surface area contributed by atoms with Crippen LogP contribution in [-0.2, 0) is 4.79 Å². The maximum atomic E-state index is 12.8. The first-order chi connectivity index (χ1) is 9.41. The maximum absolute atomic E-state index is 12.8. The van der Waals surface area contributed by atoms with Gasteiger partial charge in [0.25, 0.3) is 0 Å². The zero-order valence-electron chi connectivity index (χ0n) is 14.0. The summed E-state index contributed by atoms with van der Waals surface area (Å²) in [5.74, 6) is 2.30. The van der Waals surface area contributed by atoms with Gasteiger partial charge in [-0.25, -0.2) is 0 Å². The fourth-order valence-electron chi connectivity index (χ4n) is 3.63. The van der Waals surface area contributed by atoms with Crippen molar-refractivity contribution in [1.82, 2.24) is 4.90 Å². The van der Waals surface area contributed by atoms with Crippen LogP contribution in [0.5, 0.6) is 0 Å². The number of hydrogen-bond acceptors (Lipinski definition) is 1. The molecule has 2 nitrogen and oxygen atoms in total. The van der Waals surface area contributed by atoms with Crippen LogP contribution in [-0.4, -0.2) is 23.9 Å². The summed E-state index contributed by atoms with van der Waals surface area (Å²) in [7, 11) is 0. The lowest BCUT2D eigenvalue weighted by atomic mass is 9.69. The number of amides is 1. The first-order valence-electron chi connectivity index (χ1n) is 8.70. The number of nitrogens with zero attached hydrogens (tertiary/aromatic N) is 1. The summed E-state index contributed by atoms with van der Waals surface area (Å²) in [6.07, 6.45) is 8.55. The Bertz CT molecular complexity index is 327. The molecule has 0 bridgehead atoms. The Balaban J connectivity index is 1.94. The molecule has 0 aromatic carbocycles. The van der Waals surface area contributed by atoms with Gasteiger partial charge < -0.3 is 4.90 Å². The molecule has 0 aliphatic heterocycles. The van der Waals surface area contributed by atoms with Crippen molar-refractivity contribution in [2.75, 3.05) is 13.1 Å². The Kier molecular flexibility index (Phi) is 5.14. The van der Waals surface area contributed by atoms with E-state index in [0.717, 1.165) is 44.2 Å². The molecular formula is C18H33NO. The van der Waals surface area contributed by atoms with Gasteiger partial charge in [-0.3, -0.25) is 4.79 Å². The second kappa shape index (κ2) is 6.49. The van der Waals surface area contributed by atoms with E-state index in [1.807, 2.05) is 0 Å². The summed E-state index contributed by atoms with van der Waals surface area (Å²) in [6.45, 7) is 11.2. The van der Waals surface area contributed by atoms with Gasteiger partial charge in [-0.05, 0) is 55.8 Å². The Labute approximate surface area is 125 Å². The zero-order chi connectivity index (χ0) is 14.8. The number of carbonyl (C=O) groups is 1. The van der Waals surface area contributed by atoms with Crippen LogP contribution in [0.15, 0.2) is 0 Å². The molecule has 0 aromatic rings. The summed E-state index contributed by atoms with van der Waals surface area (Å²) < 4.78 is 0. The van der Waals surface area contributed by atoms with E-state index < -0.39 is 0 Å². The molecule has 0 heterocycles. The molecule has 0 radical (unpaired) electrons. The Morgan fingerprint density at radius 1 is 1.15 bits per heavy atom. The van der Waals surface area contributed by atoms with Crippen LogP contribution in [0.25, 0.3) is 0 Å². The van der Waals surface area contributed by atoms with Crippen molar-refractivity contribution < 1.29 is 4.79 Å². The van der Waals surface area contributed by atoms with Crippen LogP contribution in [0.1, 0.15) is 72.6 Å². The van der Waals surface area contributed by atoms with Crippen LogP contribution < -0.4 is 0 Å². The van der Waals surface area contributed by atoms with Crippen LogP contribution >= 0.6 is 0 Å². The van der Waals surface area contributed by atoms with Gasteiger partial charge in [-0.1, -0.05) is 34.1 Å². The average molecular weight is 279 g/mol. The number of hydrogen-bond donors (Lipinski definition) is 0. The summed E-state index contributed by atoms with van der Waals surface area (Å²) >= 11 is 0. The fourth-order valence-corrected chi connectivity index (χ4v) is 3.63. The molecule has 2 rings (SSSR count). The van der Waals surface area contributed by atoms with Gasteiger partial charge in [0.1, 0.15) is 0 Å². The molecule has 2 aliphatic rings. The van der Waals surface area contributed by atoms with Crippen LogP contribution in [0.4, 0.5) is 0 Å². The smallest absolute Gasteiger partial charge is 0.225 e. The topological polar surface area (TPSA) is 20.3 Å². The minimum atomic E-state index is 0.304. The van der Waals surface area contributed by atoms with Crippen molar-refractivity contribution in [3.63, 3.8) is 0 Å². The highest BCUT2D eigenvalue weighted by molar-refractivity contribution is 5.79. The predicted octanol–water partition coefficient (Wildman–Crippen LogP) is 4.49. The van der Waals surface area contributed by atoms with Crippen molar-refractivity contribution in [2.45, 2.75) is 72.6 Å². The molecule has 2 unspecified atom stereocenters. The van der Waals surface area contributed by atoms with Crippen LogP contribution in [0, 0.1) is 23.2 Å². The summed E-state index contributed by atoms with van der Waals surface area (Å²) in [6, 6.07) is 0. The standard InChI is InChI=1S/C18H33NO/c1-5-11-19(13-14-9-10-14)17(20)15-7-6-8-16(12-15)18(2,3)4/h14-16H,5-13H2,1-4H3. The molecule has 1 amide bonds. The predicted molar refractivity (Wildman–Crippen MR) is 84.5 cm³/mol. The van der Waals surface area contributed by atoms with Crippen molar-refractivity contribution in [3.8, 4) is 0 Å². The van der Waals surface area contributed by atoms with Gasteiger partial charge in [-0.2, -0.15) is 0 Å². The molecule has 0 spiro atoms. The molecule has 2 fully saturated rings. The lowest BCUT2D eigenvalue weighted by Gasteiger charge is -2.38. The van der Waals surface area contributed by atoms with Crippen molar-refractivity contribution in [1.29, 1.82) is 0 Å². The third kappa shape index (κ3) is 4.23.